The number of amides is 2. The monoisotopic (exact) mass is 383 g/mol. The highest BCUT2D eigenvalue weighted by molar-refractivity contribution is 5.97. The molecule has 1 aliphatic heterocycles. The van der Waals surface area contributed by atoms with Crippen LogP contribution in [-0.2, 0) is 24.3 Å². The highest BCUT2D eigenvalue weighted by Crippen LogP contribution is 2.27. The molecule has 1 aliphatic carbocycles. The topological polar surface area (TPSA) is 98.0 Å². The predicted molar refractivity (Wildman–Crippen MR) is 104 cm³/mol. The lowest BCUT2D eigenvalue weighted by Gasteiger charge is -2.11. The number of anilines is 1. The molecule has 2 N–H and O–H groups in total. The molecule has 8 nitrogen and oxygen atoms in total. The van der Waals surface area contributed by atoms with Crippen LogP contribution in [0.1, 0.15) is 47.4 Å². The van der Waals surface area contributed by atoms with Crippen molar-refractivity contribution >= 4 is 17.5 Å². The van der Waals surface area contributed by atoms with Crippen molar-refractivity contribution in [2.75, 3.05) is 11.9 Å². The lowest BCUT2D eigenvalue weighted by molar-refractivity contribution is -0.117. The number of aryl methyl sites for hydroxylation is 2. The van der Waals surface area contributed by atoms with E-state index in [4.69, 9.17) is 0 Å². The van der Waals surface area contributed by atoms with Crippen molar-refractivity contribution in [3.63, 3.8) is 0 Å². The highest BCUT2D eigenvalue weighted by atomic mass is 16.2. The molecule has 8 heteroatoms. The van der Waals surface area contributed by atoms with Crippen molar-refractivity contribution < 1.29 is 9.59 Å². The molecular weight excluding hydrogens is 358 g/mol. The number of hydrogen-bond donors (Lipinski definition) is 2. The Kier molecular flexibility index (Phi) is 5.02. The summed E-state index contributed by atoms with van der Waals surface area (Å²) < 4.78 is 2.87. The SMILES string of the molecule is Cc1ccc(C(=O)NCC2CC2)cc1NC(=O)Cn1nc2n(c1=O)CCCC2. The summed E-state index contributed by atoms with van der Waals surface area (Å²) in [5.41, 5.74) is 1.69. The Morgan fingerprint density at radius 1 is 1.25 bits per heavy atom. The van der Waals surface area contributed by atoms with Gasteiger partial charge in [-0.2, -0.15) is 5.10 Å². The molecule has 2 amide bonds. The lowest BCUT2D eigenvalue weighted by Crippen LogP contribution is -2.31. The number of hydrogen-bond acceptors (Lipinski definition) is 4. The maximum Gasteiger partial charge on any atom is 0.346 e. The predicted octanol–water partition coefficient (Wildman–Crippen LogP) is 1.47. The molecule has 148 valence electrons. The minimum absolute atomic E-state index is 0.139. The van der Waals surface area contributed by atoms with Gasteiger partial charge < -0.3 is 10.6 Å². The zero-order chi connectivity index (χ0) is 19.7. The van der Waals surface area contributed by atoms with Crippen molar-refractivity contribution in [3.05, 3.63) is 45.6 Å². The van der Waals surface area contributed by atoms with Gasteiger partial charge >= 0.3 is 5.69 Å². The molecule has 0 spiro atoms. The average Bonchev–Trinajstić information content (AvgIpc) is 3.46. The molecule has 1 aromatic carbocycles. The fourth-order valence-corrected chi connectivity index (χ4v) is 3.44. The van der Waals surface area contributed by atoms with Crippen LogP contribution in [0.3, 0.4) is 0 Å². The number of aromatic nitrogens is 3. The number of benzene rings is 1. The van der Waals surface area contributed by atoms with E-state index in [1.165, 1.54) is 17.5 Å². The molecule has 2 heterocycles. The van der Waals surface area contributed by atoms with Gasteiger partial charge in [-0.05, 0) is 56.2 Å². The average molecular weight is 383 g/mol. The first-order valence-corrected chi connectivity index (χ1v) is 9.86. The Morgan fingerprint density at radius 2 is 2.07 bits per heavy atom. The van der Waals surface area contributed by atoms with Crippen molar-refractivity contribution in [3.8, 4) is 0 Å². The Morgan fingerprint density at radius 3 is 2.82 bits per heavy atom. The first kappa shape index (κ1) is 18.5. The van der Waals surface area contributed by atoms with Crippen molar-refractivity contribution in [2.45, 2.75) is 52.1 Å². The van der Waals surface area contributed by atoms with E-state index in [-0.39, 0.29) is 24.0 Å². The van der Waals surface area contributed by atoms with Crippen LogP contribution >= 0.6 is 0 Å². The molecule has 0 atom stereocenters. The van der Waals surface area contributed by atoms with E-state index < -0.39 is 0 Å². The van der Waals surface area contributed by atoms with Crippen molar-refractivity contribution in [1.29, 1.82) is 0 Å². The summed E-state index contributed by atoms with van der Waals surface area (Å²) in [6.07, 6.45) is 5.08. The Balaban J connectivity index is 1.43. The summed E-state index contributed by atoms with van der Waals surface area (Å²) in [4.78, 5) is 37.1. The van der Waals surface area contributed by atoms with Crippen LogP contribution < -0.4 is 16.3 Å². The second-order valence-electron chi connectivity index (χ2n) is 7.70. The van der Waals surface area contributed by atoms with E-state index in [0.29, 0.717) is 30.3 Å². The fraction of sp³-hybridized carbons (Fsp3) is 0.500. The number of rotatable bonds is 6. The summed E-state index contributed by atoms with van der Waals surface area (Å²) in [5.74, 6) is 0.874. The van der Waals surface area contributed by atoms with Crippen LogP contribution in [0, 0.1) is 12.8 Å². The molecule has 2 aliphatic rings. The van der Waals surface area contributed by atoms with E-state index in [1.54, 1.807) is 16.7 Å². The summed E-state index contributed by atoms with van der Waals surface area (Å²) in [5, 5.41) is 10.0. The standard InChI is InChI=1S/C20H25N5O3/c1-13-5-8-15(19(27)21-11-14-6-7-14)10-16(13)22-18(26)12-25-20(28)24-9-3-2-4-17(24)23-25/h5,8,10,14H,2-4,6-7,9,11-12H2,1H3,(H,21,27)(H,22,26). The Labute approximate surface area is 162 Å². The first-order chi connectivity index (χ1) is 13.5. The van der Waals surface area contributed by atoms with Crippen LogP contribution in [0.25, 0.3) is 0 Å². The second-order valence-corrected chi connectivity index (χ2v) is 7.70. The van der Waals surface area contributed by atoms with Gasteiger partial charge in [0.25, 0.3) is 5.91 Å². The molecule has 28 heavy (non-hydrogen) atoms. The van der Waals surface area contributed by atoms with Gasteiger partial charge in [0.1, 0.15) is 12.4 Å². The van der Waals surface area contributed by atoms with Gasteiger partial charge in [-0.25, -0.2) is 9.48 Å². The minimum atomic E-state index is -0.337. The second kappa shape index (κ2) is 7.61. The smallest absolute Gasteiger partial charge is 0.346 e. The van der Waals surface area contributed by atoms with Gasteiger partial charge in [-0.15, -0.1) is 0 Å². The van der Waals surface area contributed by atoms with E-state index in [2.05, 4.69) is 15.7 Å². The number of nitrogens with zero attached hydrogens (tertiary/aromatic N) is 3. The van der Waals surface area contributed by atoms with Gasteiger partial charge in [0.05, 0.1) is 0 Å². The van der Waals surface area contributed by atoms with Crippen LogP contribution in [-0.4, -0.2) is 32.7 Å². The van der Waals surface area contributed by atoms with Gasteiger partial charge in [-0.3, -0.25) is 14.2 Å². The Bertz CT molecular complexity index is 971. The van der Waals surface area contributed by atoms with E-state index in [1.807, 2.05) is 13.0 Å². The van der Waals surface area contributed by atoms with E-state index in [9.17, 15) is 14.4 Å². The molecule has 4 rings (SSSR count). The van der Waals surface area contributed by atoms with Crippen LogP contribution in [0.4, 0.5) is 5.69 Å². The number of carbonyl (C=O) groups is 2. The first-order valence-electron chi connectivity index (χ1n) is 9.86. The lowest BCUT2D eigenvalue weighted by atomic mass is 10.1. The van der Waals surface area contributed by atoms with E-state index >= 15 is 0 Å². The van der Waals surface area contributed by atoms with Gasteiger partial charge in [0.15, 0.2) is 0 Å². The molecule has 0 saturated heterocycles. The van der Waals surface area contributed by atoms with Gasteiger partial charge in [0, 0.05) is 30.8 Å². The maximum atomic E-state index is 12.5. The zero-order valence-electron chi connectivity index (χ0n) is 16.0. The Hall–Kier alpha value is -2.90. The van der Waals surface area contributed by atoms with Crippen molar-refractivity contribution in [2.24, 2.45) is 5.92 Å². The van der Waals surface area contributed by atoms with Crippen LogP contribution in [0.2, 0.25) is 0 Å². The summed E-state index contributed by atoms with van der Waals surface area (Å²) >= 11 is 0. The molecule has 0 bridgehead atoms. The van der Waals surface area contributed by atoms with Gasteiger partial charge in [0.2, 0.25) is 5.91 Å². The molecule has 1 saturated carbocycles. The molecule has 2 aromatic rings. The van der Waals surface area contributed by atoms with E-state index in [0.717, 1.165) is 30.7 Å². The number of fused-ring (bicyclic) bond motifs is 1. The maximum absolute atomic E-state index is 12.5. The number of carbonyl (C=O) groups excluding carboxylic acids is 2. The van der Waals surface area contributed by atoms with Gasteiger partial charge in [-0.1, -0.05) is 6.07 Å². The molecule has 0 radical (unpaired) electrons. The zero-order valence-corrected chi connectivity index (χ0v) is 16.0. The quantitative estimate of drug-likeness (QED) is 0.789. The van der Waals surface area contributed by atoms with Crippen molar-refractivity contribution in [1.82, 2.24) is 19.7 Å². The third kappa shape index (κ3) is 4.00. The molecule has 1 aromatic heterocycles. The normalized spacial score (nSPS) is 15.8. The third-order valence-electron chi connectivity index (χ3n) is 5.35. The summed E-state index contributed by atoms with van der Waals surface area (Å²) in [7, 11) is 0. The van der Waals surface area contributed by atoms with Crippen LogP contribution in [0.5, 0.6) is 0 Å². The third-order valence-corrected chi connectivity index (χ3v) is 5.35. The highest BCUT2D eigenvalue weighted by Gasteiger charge is 2.22. The summed E-state index contributed by atoms with van der Waals surface area (Å²) in [6, 6.07) is 5.24. The molecule has 0 unspecified atom stereocenters. The minimum Gasteiger partial charge on any atom is -0.352 e. The fourth-order valence-electron chi connectivity index (χ4n) is 3.44. The van der Waals surface area contributed by atoms with Crippen LogP contribution in [0.15, 0.2) is 23.0 Å². The molecular formula is C20H25N5O3. The molecule has 1 fully saturated rings. The number of nitrogens with one attached hydrogen (secondary N) is 2. The largest absolute Gasteiger partial charge is 0.352 e. The summed E-state index contributed by atoms with van der Waals surface area (Å²) in [6.45, 7) is 3.08.